The van der Waals surface area contributed by atoms with E-state index in [0.717, 1.165) is 40.8 Å². The predicted molar refractivity (Wildman–Crippen MR) is 114 cm³/mol. The second-order valence-corrected chi connectivity index (χ2v) is 7.85. The van der Waals surface area contributed by atoms with E-state index in [4.69, 9.17) is 4.74 Å². The maximum absolute atomic E-state index is 12.6. The molecule has 1 fully saturated rings. The number of aryl methyl sites for hydroxylation is 2. The summed E-state index contributed by atoms with van der Waals surface area (Å²) in [6, 6.07) is 10.6. The molecule has 6 heteroatoms. The largest absolute Gasteiger partial charge is 0.385 e. The smallest absolute Gasteiger partial charge is 0.293 e. The van der Waals surface area contributed by atoms with E-state index in [0.29, 0.717) is 24.5 Å². The van der Waals surface area contributed by atoms with Crippen molar-refractivity contribution in [1.29, 1.82) is 0 Å². The molecule has 0 spiro atoms. The molecule has 0 saturated carbocycles. The van der Waals surface area contributed by atoms with Gasteiger partial charge in [-0.25, -0.2) is 0 Å². The van der Waals surface area contributed by atoms with Gasteiger partial charge in [0.25, 0.3) is 11.1 Å². The molecule has 148 valence electrons. The molecule has 28 heavy (non-hydrogen) atoms. The number of carbonyl (C=O) groups is 2. The summed E-state index contributed by atoms with van der Waals surface area (Å²) in [5, 5.41) is -0.212. The number of imide groups is 1. The Bertz CT molecular complexity index is 913. The third-order valence-corrected chi connectivity index (χ3v) is 5.87. The summed E-state index contributed by atoms with van der Waals surface area (Å²) in [6.45, 7) is 7.14. The minimum Gasteiger partial charge on any atom is -0.385 e. The third kappa shape index (κ3) is 4.08. The van der Waals surface area contributed by atoms with Crippen LogP contribution in [0.4, 0.5) is 4.79 Å². The average molecular weight is 399 g/mol. The number of hydrogen-bond donors (Lipinski definition) is 0. The molecule has 1 aromatic heterocycles. The van der Waals surface area contributed by atoms with Gasteiger partial charge in [-0.15, -0.1) is 0 Å². The first-order valence-electron chi connectivity index (χ1n) is 9.48. The molecule has 0 bridgehead atoms. The van der Waals surface area contributed by atoms with Crippen molar-refractivity contribution in [2.75, 3.05) is 20.3 Å². The second-order valence-electron chi connectivity index (χ2n) is 6.86. The van der Waals surface area contributed by atoms with E-state index in [1.807, 2.05) is 13.0 Å². The number of hydrogen-bond acceptors (Lipinski definition) is 4. The second kappa shape index (κ2) is 8.80. The first-order chi connectivity index (χ1) is 13.5. The van der Waals surface area contributed by atoms with Gasteiger partial charge in [0.15, 0.2) is 0 Å². The summed E-state index contributed by atoms with van der Waals surface area (Å²) < 4.78 is 7.18. The average Bonchev–Trinajstić information content (AvgIpc) is 3.11. The van der Waals surface area contributed by atoms with E-state index in [1.165, 1.54) is 10.5 Å². The summed E-state index contributed by atoms with van der Waals surface area (Å²) in [4.78, 5) is 26.6. The standard InChI is InChI=1S/C22H26N2O3S/c1-5-17-7-9-19(10-8-17)24-15(2)13-18(16(24)3)14-20-21(25)23(22(26)28-20)11-6-12-27-4/h7-10,13-14H,5-6,11-12H2,1-4H3/b20-14+. The van der Waals surface area contributed by atoms with Crippen molar-refractivity contribution in [2.45, 2.75) is 33.6 Å². The van der Waals surface area contributed by atoms with E-state index in [9.17, 15) is 9.59 Å². The summed E-state index contributed by atoms with van der Waals surface area (Å²) in [6.07, 6.45) is 3.49. The highest BCUT2D eigenvalue weighted by atomic mass is 32.2. The highest BCUT2D eigenvalue weighted by Crippen LogP contribution is 2.33. The maximum atomic E-state index is 12.6. The Balaban J connectivity index is 1.86. The van der Waals surface area contributed by atoms with Gasteiger partial charge in [0.2, 0.25) is 0 Å². The predicted octanol–water partition coefficient (Wildman–Crippen LogP) is 4.73. The quantitative estimate of drug-likeness (QED) is 0.500. The Kier molecular flexibility index (Phi) is 6.42. The van der Waals surface area contributed by atoms with Gasteiger partial charge in [-0.2, -0.15) is 0 Å². The number of aromatic nitrogens is 1. The molecule has 1 aliphatic heterocycles. The molecule has 0 aliphatic carbocycles. The van der Waals surface area contributed by atoms with E-state index >= 15 is 0 Å². The van der Waals surface area contributed by atoms with Gasteiger partial charge in [0.05, 0.1) is 4.91 Å². The van der Waals surface area contributed by atoms with Crippen molar-refractivity contribution >= 4 is 29.0 Å². The summed E-state index contributed by atoms with van der Waals surface area (Å²) in [7, 11) is 1.61. The van der Waals surface area contributed by atoms with Gasteiger partial charge in [-0.1, -0.05) is 19.1 Å². The van der Waals surface area contributed by atoms with Crippen LogP contribution < -0.4 is 0 Å². The Morgan fingerprint density at radius 3 is 2.50 bits per heavy atom. The fourth-order valence-electron chi connectivity index (χ4n) is 3.41. The van der Waals surface area contributed by atoms with E-state index in [1.54, 1.807) is 7.11 Å². The van der Waals surface area contributed by atoms with Gasteiger partial charge < -0.3 is 9.30 Å². The summed E-state index contributed by atoms with van der Waals surface area (Å²) in [5.41, 5.74) is 5.49. The Morgan fingerprint density at radius 1 is 1.14 bits per heavy atom. The zero-order chi connectivity index (χ0) is 20.3. The number of thioether (sulfide) groups is 1. The lowest BCUT2D eigenvalue weighted by atomic mass is 10.1. The van der Waals surface area contributed by atoms with Crippen LogP contribution in [0.3, 0.4) is 0 Å². The van der Waals surface area contributed by atoms with Crippen molar-refractivity contribution in [3.8, 4) is 5.69 Å². The van der Waals surface area contributed by atoms with Crippen LogP contribution in [0.25, 0.3) is 11.8 Å². The Morgan fingerprint density at radius 2 is 1.86 bits per heavy atom. The topological polar surface area (TPSA) is 51.5 Å². The fraction of sp³-hybridized carbons (Fsp3) is 0.364. The van der Waals surface area contributed by atoms with Crippen molar-refractivity contribution in [3.63, 3.8) is 0 Å². The van der Waals surface area contributed by atoms with Crippen LogP contribution in [0.15, 0.2) is 35.2 Å². The SMILES string of the molecule is CCc1ccc(-n2c(C)cc(/C=C3/SC(=O)N(CCCOC)C3=O)c2C)cc1. The summed E-state index contributed by atoms with van der Waals surface area (Å²) >= 11 is 1.01. The molecular weight excluding hydrogens is 372 g/mol. The van der Waals surface area contributed by atoms with Gasteiger partial charge in [-0.05, 0) is 73.9 Å². The normalized spacial score (nSPS) is 15.9. The molecule has 3 rings (SSSR count). The van der Waals surface area contributed by atoms with Crippen LogP contribution in [0.2, 0.25) is 0 Å². The van der Waals surface area contributed by atoms with Gasteiger partial charge in [0.1, 0.15) is 0 Å². The fourth-order valence-corrected chi connectivity index (χ4v) is 4.27. The molecule has 0 radical (unpaired) electrons. The number of carbonyl (C=O) groups excluding carboxylic acids is 2. The molecule has 2 heterocycles. The molecule has 1 saturated heterocycles. The van der Waals surface area contributed by atoms with Crippen molar-refractivity contribution in [1.82, 2.24) is 9.47 Å². The third-order valence-electron chi connectivity index (χ3n) is 4.96. The van der Waals surface area contributed by atoms with Crippen LogP contribution in [0.5, 0.6) is 0 Å². The van der Waals surface area contributed by atoms with E-state index in [-0.39, 0.29) is 11.1 Å². The van der Waals surface area contributed by atoms with Crippen molar-refractivity contribution < 1.29 is 14.3 Å². The number of benzene rings is 1. The number of methoxy groups -OCH3 is 1. The van der Waals surface area contributed by atoms with Crippen LogP contribution in [-0.4, -0.2) is 40.9 Å². The Hall–Kier alpha value is -2.31. The van der Waals surface area contributed by atoms with E-state index in [2.05, 4.69) is 48.7 Å². The van der Waals surface area contributed by atoms with Crippen molar-refractivity contribution in [2.24, 2.45) is 0 Å². The molecule has 5 nitrogen and oxygen atoms in total. The molecule has 0 atom stereocenters. The molecule has 2 aromatic rings. The highest BCUT2D eigenvalue weighted by molar-refractivity contribution is 8.18. The Labute approximate surface area is 170 Å². The zero-order valence-electron chi connectivity index (χ0n) is 16.8. The monoisotopic (exact) mass is 398 g/mol. The summed E-state index contributed by atoms with van der Waals surface area (Å²) in [5.74, 6) is -0.219. The minimum absolute atomic E-state index is 0.212. The van der Waals surface area contributed by atoms with Crippen LogP contribution >= 0.6 is 11.8 Å². The number of ether oxygens (including phenoxy) is 1. The number of nitrogens with zero attached hydrogens (tertiary/aromatic N) is 2. The maximum Gasteiger partial charge on any atom is 0.293 e. The van der Waals surface area contributed by atoms with E-state index < -0.39 is 0 Å². The molecule has 1 aliphatic rings. The van der Waals surface area contributed by atoms with Crippen LogP contribution in [0, 0.1) is 13.8 Å². The molecule has 2 amide bonds. The lowest BCUT2D eigenvalue weighted by molar-refractivity contribution is -0.122. The zero-order valence-corrected chi connectivity index (χ0v) is 17.6. The van der Waals surface area contributed by atoms with Gasteiger partial charge >= 0.3 is 0 Å². The first kappa shape index (κ1) is 20.4. The van der Waals surface area contributed by atoms with Crippen LogP contribution in [0.1, 0.15) is 35.9 Å². The lowest BCUT2D eigenvalue weighted by Crippen LogP contribution is -2.29. The number of rotatable bonds is 7. The molecule has 0 unspecified atom stereocenters. The molecule has 1 aromatic carbocycles. The molecule has 0 N–H and O–H groups in total. The van der Waals surface area contributed by atoms with Crippen LogP contribution in [-0.2, 0) is 16.0 Å². The lowest BCUT2D eigenvalue weighted by Gasteiger charge is -2.11. The first-order valence-corrected chi connectivity index (χ1v) is 10.3. The number of amides is 2. The molecular formula is C22H26N2O3S. The van der Waals surface area contributed by atoms with Crippen molar-refractivity contribution in [3.05, 3.63) is 57.8 Å². The minimum atomic E-state index is -0.219. The van der Waals surface area contributed by atoms with Gasteiger partial charge in [0, 0.05) is 37.3 Å². The highest BCUT2D eigenvalue weighted by Gasteiger charge is 2.34. The van der Waals surface area contributed by atoms with Gasteiger partial charge in [-0.3, -0.25) is 14.5 Å².